The Labute approximate surface area is 71.0 Å². The van der Waals surface area contributed by atoms with E-state index in [0.717, 1.165) is 5.06 Å². The van der Waals surface area contributed by atoms with Gasteiger partial charge in [0.2, 0.25) is 0 Å². The van der Waals surface area contributed by atoms with Crippen molar-refractivity contribution in [2.24, 2.45) is 0 Å². The molecule has 0 aliphatic rings. The monoisotopic (exact) mass is 194 g/mol. The summed E-state index contributed by atoms with van der Waals surface area (Å²) in [5, 5.41) is 9.51. The van der Waals surface area contributed by atoms with Crippen molar-refractivity contribution in [2.45, 2.75) is 6.92 Å². The highest BCUT2D eigenvalue weighted by Crippen LogP contribution is 2.47. The van der Waals surface area contributed by atoms with Crippen LogP contribution in [-0.2, 0) is 18.8 Å². The van der Waals surface area contributed by atoms with Gasteiger partial charge in [0, 0.05) is 14.1 Å². The molecule has 0 heterocycles. The van der Waals surface area contributed by atoms with Gasteiger partial charge in [0.25, 0.3) is 0 Å². The lowest BCUT2D eigenvalue weighted by Crippen LogP contribution is -2.11. The van der Waals surface area contributed by atoms with E-state index in [-0.39, 0.29) is 6.61 Å². The van der Waals surface area contributed by atoms with Crippen molar-refractivity contribution in [1.82, 2.24) is 5.06 Å². The molecule has 0 saturated carbocycles. The smallest absolute Gasteiger partial charge is 0.238 e. The van der Waals surface area contributed by atoms with Crippen LogP contribution in [-0.4, -0.2) is 25.8 Å². The largest absolute Gasteiger partial charge is 0.474 e. The molecule has 0 fully saturated rings. The van der Waals surface area contributed by atoms with Crippen molar-refractivity contribution in [3.8, 4) is 5.81 Å². The van der Waals surface area contributed by atoms with Crippen LogP contribution in [0.25, 0.3) is 0 Å². The van der Waals surface area contributed by atoms with Gasteiger partial charge in [-0.25, -0.2) is 14.1 Å². The third-order valence-corrected chi connectivity index (χ3v) is 1.75. The first-order valence-electron chi connectivity index (χ1n) is 3.23. The second-order valence-electron chi connectivity index (χ2n) is 1.97. The number of rotatable bonds is 5. The second-order valence-corrected chi connectivity index (χ2v) is 3.48. The average Bonchev–Trinajstić information content (AvgIpc) is 2.00. The summed E-state index contributed by atoms with van der Waals surface area (Å²) in [6.45, 7) is 1.83. The maximum absolute atomic E-state index is 11.2. The Morgan fingerprint density at radius 2 is 2.17 bits per heavy atom. The molecule has 70 valence electrons. The van der Waals surface area contributed by atoms with Crippen molar-refractivity contribution in [1.29, 1.82) is 5.26 Å². The van der Waals surface area contributed by atoms with Gasteiger partial charge in [-0.15, -0.1) is 4.67 Å². The van der Waals surface area contributed by atoms with Gasteiger partial charge < -0.3 is 0 Å². The van der Waals surface area contributed by atoms with Crippen molar-refractivity contribution < 1.29 is 18.8 Å². The van der Waals surface area contributed by atoms with Gasteiger partial charge in [-0.05, 0) is 6.92 Å². The molecule has 0 aromatic rings. The topological polar surface area (TPSA) is 71.8 Å². The molecule has 12 heavy (non-hydrogen) atoms. The maximum atomic E-state index is 11.2. The van der Waals surface area contributed by atoms with E-state index >= 15 is 0 Å². The molecular formula is C5H11N2O4P. The van der Waals surface area contributed by atoms with E-state index in [2.05, 4.69) is 14.2 Å². The lowest BCUT2D eigenvalue weighted by atomic mass is 10.9. The second kappa shape index (κ2) is 5.25. The summed E-state index contributed by atoms with van der Waals surface area (Å²) in [6.07, 6.45) is 0. The third kappa shape index (κ3) is 4.44. The minimum atomic E-state index is -3.76. The van der Waals surface area contributed by atoms with Gasteiger partial charge in [0.05, 0.1) is 6.61 Å². The summed E-state index contributed by atoms with van der Waals surface area (Å²) < 4.78 is 20.0. The first-order valence-corrected chi connectivity index (χ1v) is 4.78. The Morgan fingerprint density at radius 3 is 2.50 bits per heavy atom. The molecule has 0 aromatic heterocycles. The van der Waals surface area contributed by atoms with E-state index in [4.69, 9.17) is 5.26 Å². The standard InChI is InChI=1S/C5H11N2O4P/c1-4-9-11-12(8,5-6)10-7(2)3/h4H2,1-3H3. The summed E-state index contributed by atoms with van der Waals surface area (Å²) in [7, 11) is -0.793. The van der Waals surface area contributed by atoms with Crippen LogP contribution in [0.1, 0.15) is 6.92 Å². The Bertz CT molecular complexity index is 212. The molecule has 0 aliphatic carbocycles. The van der Waals surface area contributed by atoms with Crippen molar-refractivity contribution >= 4 is 7.60 Å². The van der Waals surface area contributed by atoms with Crippen LogP contribution < -0.4 is 0 Å². The fraction of sp³-hybridized carbons (Fsp3) is 0.800. The molecule has 0 N–H and O–H groups in total. The SMILES string of the molecule is CCOOP(=O)(C#N)ON(C)C. The Morgan fingerprint density at radius 1 is 1.58 bits per heavy atom. The lowest BCUT2D eigenvalue weighted by Gasteiger charge is -2.13. The zero-order valence-electron chi connectivity index (χ0n) is 7.18. The first-order chi connectivity index (χ1) is 5.54. The van der Waals surface area contributed by atoms with Gasteiger partial charge in [0.1, 0.15) is 0 Å². The molecule has 0 aromatic carbocycles. The summed E-state index contributed by atoms with van der Waals surface area (Å²) in [5.41, 5.74) is 0. The summed E-state index contributed by atoms with van der Waals surface area (Å²) >= 11 is 0. The highest BCUT2D eigenvalue weighted by Gasteiger charge is 2.27. The van der Waals surface area contributed by atoms with Gasteiger partial charge >= 0.3 is 7.60 Å². The first kappa shape index (κ1) is 11.6. The van der Waals surface area contributed by atoms with Crippen LogP contribution in [0.15, 0.2) is 0 Å². The molecule has 1 unspecified atom stereocenters. The molecular weight excluding hydrogens is 183 g/mol. The number of nitriles is 1. The maximum Gasteiger partial charge on any atom is 0.474 e. The molecule has 0 rings (SSSR count). The number of hydrogen-bond acceptors (Lipinski definition) is 6. The molecule has 6 nitrogen and oxygen atoms in total. The van der Waals surface area contributed by atoms with E-state index in [9.17, 15) is 4.57 Å². The molecule has 7 heteroatoms. The van der Waals surface area contributed by atoms with Crippen molar-refractivity contribution in [3.05, 3.63) is 0 Å². The van der Waals surface area contributed by atoms with Gasteiger partial charge in [-0.3, -0.25) is 0 Å². The highest BCUT2D eigenvalue weighted by molar-refractivity contribution is 7.58. The van der Waals surface area contributed by atoms with Gasteiger partial charge in [-0.2, -0.15) is 10.3 Å². The minimum absolute atomic E-state index is 0.197. The van der Waals surface area contributed by atoms with Crippen LogP contribution in [0.3, 0.4) is 0 Å². The molecule has 0 radical (unpaired) electrons. The molecule has 0 saturated heterocycles. The van der Waals surface area contributed by atoms with Gasteiger partial charge in [-0.1, -0.05) is 0 Å². The van der Waals surface area contributed by atoms with Gasteiger partial charge in [0.15, 0.2) is 5.81 Å². The zero-order valence-corrected chi connectivity index (χ0v) is 8.08. The number of hydroxylamine groups is 2. The Hall–Kier alpha value is -0.440. The van der Waals surface area contributed by atoms with E-state index in [1.165, 1.54) is 19.9 Å². The quantitative estimate of drug-likeness (QED) is 0.371. The third-order valence-electron chi connectivity index (χ3n) is 0.662. The normalized spacial score (nSPS) is 15.6. The van der Waals surface area contributed by atoms with Crippen LogP contribution in [0.5, 0.6) is 0 Å². The zero-order chi connectivity index (χ0) is 9.61. The van der Waals surface area contributed by atoms with Crippen LogP contribution in [0, 0.1) is 11.1 Å². The Kier molecular flexibility index (Phi) is 5.06. The molecule has 0 amide bonds. The molecule has 0 aliphatic heterocycles. The van der Waals surface area contributed by atoms with Crippen LogP contribution >= 0.6 is 7.60 Å². The molecule has 0 bridgehead atoms. The predicted octanol–water partition coefficient (Wildman–Crippen LogP) is 1.12. The van der Waals surface area contributed by atoms with E-state index < -0.39 is 7.60 Å². The predicted molar refractivity (Wildman–Crippen MR) is 40.7 cm³/mol. The van der Waals surface area contributed by atoms with Crippen LogP contribution in [0.2, 0.25) is 0 Å². The minimum Gasteiger partial charge on any atom is -0.238 e. The van der Waals surface area contributed by atoms with Crippen molar-refractivity contribution in [2.75, 3.05) is 20.7 Å². The Balaban J connectivity index is 4.09. The number of hydrogen-bond donors (Lipinski definition) is 0. The van der Waals surface area contributed by atoms with Crippen molar-refractivity contribution in [3.63, 3.8) is 0 Å². The summed E-state index contributed by atoms with van der Waals surface area (Å²) in [4.78, 5) is 4.35. The fourth-order valence-corrected chi connectivity index (χ4v) is 1.16. The van der Waals surface area contributed by atoms with E-state index in [1.807, 2.05) is 0 Å². The molecule has 0 spiro atoms. The summed E-state index contributed by atoms with van der Waals surface area (Å²) in [6, 6.07) is 0. The average molecular weight is 194 g/mol. The van der Waals surface area contributed by atoms with Crippen LogP contribution in [0.4, 0.5) is 0 Å². The van der Waals surface area contributed by atoms with E-state index in [1.54, 1.807) is 6.92 Å². The number of nitrogens with zero attached hydrogens (tertiary/aromatic N) is 2. The van der Waals surface area contributed by atoms with E-state index in [0.29, 0.717) is 0 Å². The highest BCUT2D eigenvalue weighted by atomic mass is 31.2. The fourth-order valence-electron chi connectivity index (χ4n) is 0.386. The summed E-state index contributed by atoms with van der Waals surface area (Å²) in [5.74, 6) is 1.39. The molecule has 1 atom stereocenters. The lowest BCUT2D eigenvalue weighted by molar-refractivity contribution is -0.218.